The van der Waals surface area contributed by atoms with Gasteiger partial charge in [0.1, 0.15) is 0 Å². The predicted molar refractivity (Wildman–Crippen MR) is 276 cm³/mol. The Labute approximate surface area is 383 Å². The van der Waals surface area contributed by atoms with E-state index in [9.17, 15) is 0 Å². The van der Waals surface area contributed by atoms with Gasteiger partial charge in [-0.3, -0.25) is 0 Å². The second kappa shape index (κ2) is 15.6. The van der Waals surface area contributed by atoms with Crippen molar-refractivity contribution in [3.05, 3.63) is 217 Å². The smallest absolute Gasteiger partial charge is 0.000767 e. The van der Waals surface area contributed by atoms with Crippen LogP contribution in [0, 0.1) is 5.41 Å². The number of fused-ring (bicyclic) bond motifs is 4. The van der Waals surface area contributed by atoms with Gasteiger partial charge < -0.3 is 0 Å². The summed E-state index contributed by atoms with van der Waals surface area (Å²) >= 11 is 0. The largest absolute Gasteiger partial charge is 0.0622 e. The van der Waals surface area contributed by atoms with Gasteiger partial charge in [0.05, 0.1) is 0 Å². The van der Waals surface area contributed by atoms with E-state index in [0.717, 1.165) is 0 Å². The molecule has 13 rings (SSSR count). The van der Waals surface area contributed by atoms with Gasteiger partial charge in [0.25, 0.3) is 0 Å². The minimum Gasteiger partial charge on any atom is -0.0622 e. The molecule has 3 atom stereocenters. The fourth-order valence-corrected chi connectivity index (χ4v) is 13.5. The summed E-state index contributed by atoms with van der Waals surface area (Å²) in [6.07, 6.45) is 10.3. The molecule has 10 aromatic rings. The molecule has 3 aliphatic carbocycles. The predicted octanol–water partition coefficient (Wildman–Crippen LogP) is 18.5. The molecule has 2 fully saturated rings. The van der Waals surface area contributed by atoms with Gasteiger partial charge in [-0.05, 0) is 171 Å². The van der Waals surface area contributed by atoms with Gasteiger partial charge in [-0.15, -0.1) is 0 Å². The number of benzene rings is 10. The molecular formula is C65H52. The minimum absolute atomic E-state index is 0.194. The topological polar surface area (TPSA) is 0 Å². The summed E-state index contributed by atoms with van der Waals surface area (Å²) in [6, 6.07) is 78.5. The van der Waals surface area contributed by atoms with Crippen LogP contribution in [-0.4, -0.2) is 0 Å². The molecule has 0 N–H and O–H groups in total. The van der Waals surface area contributed by atoms with E-state index in [-0.39, 0.29) is 5.41 Å². The second-order valence-corrected chi connectivity index (χ2v) is 19.2. The van der Waals surface area contributed by atoms with E-state index in [1.165, 1.54) is 150 Å². The highest BCUT2D eigenvalue weighted by atomic mass is 14.6. The van der Waals surface area contributed by atoms with Crippen molar-refractivity contribution in [3.8, 4) is 66.8 Å². The van der Waals surface area contributed by atoms with Crippen LogP contribution in [-0.2, 0) is 0 Å². The maximum atomic E-state index is 2.52. The zero-order valence-electron chi connectivity index (χ0n) is 36.9. The first kappa shape index (κ1) is 38.4. The van der Waals surface area contributed by atoms with Gasteiger partial charge in [-0.1, -0.05) is 214 Å². The van der Waals surface area contributed by atoms with E-state index in [0.29, 0.717) is 11.8 Å². The van der Waals surface area contributed by atoms with Crippen molar-refractivity contribution in [2.45, 2.75) is 63.2 Å². The van der Waals surface area contributed by atoms with E-state index >= 15 is 0 Å². The quantitative estimate of drug-likeness (QED) is 0.146. The Kier molecular flexibility index (Phi) is 9.23. The molecule has 0 aliphatic heterocycles. The molecule has 0 heterocycles. The maximum Gasteiger partial charge on any atom is -0.000767 e. The molecule has 2 saturated carbocycles. The number of hydrogen-bond acceptors (Lipinski definition) is 0. The van der Waals surface area contributed by atoms with Gasteiger partial charge in [-0.25, -0.2) is 0 Å². The molecule has 3 aliphatic rings. The van der Waals surface area contributed by atoms with Crippen molar-refractivity contribution in [1.29, 1.82) is 0 Å². The molecule has 0 aromatic heterocycles. The third-order valence-corrected chi connectivity index (χ3v) is 16.0. The summed E-state index contributed by atoms with van der Waals surface area (Å²) in [5, 5.41) is 8.07. The van der Waals surface area contributed by atoms with Crippen molar-refractivity contribution in [2.75, 3.05) is 0 Å². The highest BCUT2D eigenvalue weighted by molar-refractivity contribution is 6.24. The van der Waals surface area contributed by atoms with E-state index in [2.05, 4.69) is 206 Å². The molecule has 0 bridgehead atoms. The lowest BCUT2D eigenvalue weighted by Gasteiger charge is -2.57. The van der Waals surface area contributed by atoms with Crippen LogP contribution in [0.4, 0.5) is 0 Å². The van der Waals surface area contributed by atoms with Crippen LogP contribution < -0.4 is 0 Å². The normalized spacial score (nSPS) is 19.0. The van der Waals surface area contributed by atoms with Crippen molar-refractivity contribution in [1.82, 2.24) is 0 Å². The first-order valence-corrected chi connectivity index (χ1v) is 24.2. The van der Waals surface area contributed by atoms with Crippen LogP contribution in [0.2, 0.25) is 0 Å². The van der Waals surface area contributed by atoms with Crippen LogP contribution in [0.5, 0.6) is 0 Å². The Morgan fingerprint density at radius 1 is 0.277 bits per heavy atom. The van der Waals surface area contributed by atoms with Crippen LogP contribution in [0.1, 0.15) is 74.3 Å². The monoisotopic (exact) mass is 832 g/mol. The van der Waals surface area contributed by atoms with Gasteiger partial charge in [0.15, 0.2) is 0 Å². The lowest BCUT2D eigenvalue weighted by molar-refractivity contribution is 0.0620. The third-order valence-electron chi connectivity index (χ3n) is 16.0. The standard InChI is InChI=1S/C65H52/c1-6-22-43(23-7-1)55-56(44-24-8-2-9-25-44)61-53-34-18-20-38-65(53)39-21-19-35-54(65)62-57(45-26-10-3-11-27-45)60(51-37-36-50-40-48-32-16-17-33-49(48)41-52(50)42-51)59(47-30-14-5-15-31-47)63(64(61)62)58(55)46-28-12-4-13-29-46/h1-17,22-33,36-37,40-42,53-54H,18-21,34-35,38-39H2. The first-order chi connectivity index (χ1) is 32.3. The molecule has 312 valence electrons. The lowest BCUT2D eigenvalue weighted by atomic mass is 9.47. The van der Waals surface area contributed by atoms with Crippen molar-refractivity contribution in [3.63, 3.8) is 0 Å². The molecule has 10 aromatic carbocycles. The Morgan fingerprint density at radius 3 is 1.11 bits per heavy atom. The van der Waals surface area contributed by atoms with Crippen LogP contribution in [0.25, 0.3) is 99.1 Å². The summed E-state index contributed by atoms with van der Waals surface area (Å²) in [4.78, 5) is 0. The summed E-state index contributed by atoms with van der Waals surface area (Å²) in [5.41, 5.74) is 19.5. The SMILES string of the molecule is c1ccc(-c2c(-c3ccccc3)c3c4c(c(-c5ccccc5)c(-c5ccc6cc7ccccc7cc6c5)c(-c5ccccc5)c4c2-c2ccccc2)C2CCCCC24CCCCC34)cc1. The summed E-state index contributed by atoms with van der Waals surface area (Å²) < 4.78 is 0. The van der Waals surface area contributed by atoms with Crippen molar-refractivity contribution < 1.29 is 0 Å². The average molecular weight is 833 g/mol. The van der Waals surface area contributed by atoms with Gasteiger partial charge in [-0.2, -0.15) is 0 Å². The third kappa shape index (κ3) is 6.03. The average Bonchev–Trinajstić information content (AvgIpc) is 3.38. The molecule has 0 nitrogen and oxygen atoms in total. The Morgan fingerprint density at radius 2 is 0.646 bits per heavy atom. The van der Waals surface area contributed by atoms with Crippen LogP contribution in [0.3, 0.4) is 0 Å². The molecule has 65 heavy (non-hydrogen) atoms. The second-order valence-electron chi connectivity index (χ2n) is 19.2. The van der Waals surface area contributed by atoms with Crippen LogP contribution in [0.15, 0.2) is 206 Å². The highest BCUT2D eigenvalue weighted by Crippen LogP contribution is 2.71. The van der Waals surface area contributed by atoms with E-state index < -0.39 is 0 Å². The fourth-order valence-electron chi connectivity index (χ4n) is 13.5. The van der Waals surface area contributed by atoms with Gasteiger partial charge in [0, 0.05) is 0 Å². The molecule has 0 saturated heterocycles. The summed E-state index contributed by atoms with van der Waals surface area (Å²) in [5.74, 6) is 0.917. The molecular weight excluding hydrogens is 781 g/mol. The lowest BCUT2D eigenvalue weighted by Crippen LogP contribution is -2.43. The van der Waals surface area contributed by atoms with E-state index in [4.69, 9.17) is 0 Å². The molecule has 1 spiro atoms. The van der Waals surface area contributed by atoms with Gasteiger partial charge >= 0.3 is 0 Å². The van der Waals surface area contributed by atoms with E-state index in [1.807, 2.05) is 0 Å². The number of hydrogen-bond donors (Lipinski definition) is 0. The van der Waals surface area contributed by atoms with Crippen LogP contribution >= 0.6 is 0 Å². The molecule has 0 radical (unpaired) electrons. The summed E-state index contributed by atoms with van der Waals surface area (Å²) in [6.45, 7) is 0. The van der Waals surface area contributed by atoms with Crippen molar-refractivity contribution >= 4 is 32.3 Å². The van der Waals surface area contributed by atoms with E-state index in [1.54, 1.807) is 11.1 Å². The zero-order chi connectivity index (χ0) is 42.9. The zero-order valence-corrected chi connectivity index (χ0v) is 36.9. The molecule has 3 unspecified atom stereocenters. The number of rotatable bonds is 6. The first-order valence-electron chi connectivity index (χ1n) is 24.2. The fraction of sp³-hybridized carbons (Fsp3) is 0.169. The Balaban J connectivity index is 1.34. The molecule has 0 amide bonds. The summed E-state index contributed by atoms with van der Waals surface area (Å²) in [7, 11) is 0. The molecule has 0 heteroatoms. The minimum atomic E-state index is 0.194. The van der Waals surface area contributed by atoms with Gasteiger partial charge in [0.2, 0.25) is 0 Å². The highest BCUT2D eigenvalue weighted by Gasteiger charge is 2.54. The Bertz CT molecular complexity index is 3400. The Hall–Kier alpha value is -7.02. The maximum absolute atomic E-state index is 2.52. The van der Waals surface area contributed by atoms with Crippen molar-refractivity contribution in [2.24, 2.45) is 5.41 Å².